The first kappa shape index (κ1) is 31.3. The normalized spacial score (nSPS) is 17.4. The van der Waals surface area contributed by atoms with E-state index in [1.54, 1.807) is 6.92 Å². The van der Waals surface area contributed by atoms with Gasteiger partial charge < -0.3 is 34.7 Å². The van der Waals surface area contributed by atoms with E-state index in [4.69, 9.17) is 25.9 Å². The summed E-state index contributed by atoms with van der Waals surface area (Å²) in [5.74, 6) is -1.22. The van der Waals surface area contributed by atoms with Crippen LogP contribution in [-0.4, -0.2) is 69.2 Å². The van der Waals surface area contributed by atoms with Crippen molar-refractivity contribution in [2.24, 2.45) is 0 Å². The van der Waals surface area contributed by atoms with Gasteiger partial charge in [0.2, 0.25) is 5.28 Å². The number of aliphatic hydroxyl groups is 2. The van der Waals surface area contributed by atoms with Crippen LogP contribution >= 0.6 is 26.8 Å². The number of benzene rings is 1. The van der Waals surface area contributed by atoms with E-state index >= 15 is 4.39 Å². The highest BCUT2D eigenvalue weighted by atomic mass is 35.5. The van der Waals surface area contributed by atoms with Gasteiger partial charge in [0.25, 0.3) is 0 Å². The van der Waals surface area contributed by atoms with Gasteiger partial charge in [-0.15, -0.1) is 0 Å². The lowest BCUT2D eigenvalue weighted by Crippen LogP contribution is -2.34. The number of hydrogen-bond acceptors (Lipinski definition) is 9. The molecule has 0 aliphatic carbocycles. The zero-order valence-electron chi connectivity index (χ0n) is 20.9. The molecule has 13 nitrogen and oxygen atoms in total. The van der Waals surface area contributed by atoms with E-state index in [-0.39, 0.29) is 40.3 Å². The van der Waals surface area contributed by atoms with Gasteiger partial charge in [0.15, 0.2) is 35.3 Å². The minimum absolute atomic E-state index is 0.0288. The third-order valence-electron chi connectivity index (χ3n) is 5.56. The second-order valence-electron chi connectivity index (χ2n) is 8.65. The van der Waals surface area contributed by atoms with Crippen molar-refractivity contribution in [1.82, 2.24) is 19.5 Å². The Labute approximate surface area is 228 Å². The van der Waals surface area contributed by atoms with Gasteiger partial charge in [-0.05, 0) is 36.1 Å². The highest BCUT2D eigenvalue weighted by molar-refractivity contribution is 7.70. The molecule has 0 saturated heterocycles. The first-order valence-corrected chi connectivity index (χ1v) is 15.6. The van der Waals surface area contributed by atoms with Crippen molar-refractivity contribution >= 4 is 43.8 Å². The molecule has 3 rings (SSSR count). The molecule has 17 heteroatoms. The fourth-order valence-electron chi connectivity index (χ4n) is 3.71. The first-order valence-electron chi connectivity index (χ1n) is 11.6. The number of nitrogens with zero attached hydrogens (tertiary/aromatic N) is 4. The molecule has 5 atom stereocenters. The lowest BCUT2D eigenvalue weighted by Gasteiger charge is -2.25. The molecule has 214 valence electrons. The summed E-state index contributed by atoms with van der Waals surface area (Å²) in [6, 6.07) is 9.21. The number of alkyl halides is 1. The predicted molar refractivity (Wildman–Crippen MR) is 142 cm³/mol. The van der Waals surface area contributed by atoms with Crippen molar-refractivity contribution in [2.45, 2.75) is 44.8 Å². The summed E-state index contributed by atoms with van der Waals surface area (Å²) < 4.78 is 44.1. The number of fused-ring (bicyclic) bond motifs is 1. The quantitative estimate of drug-likeness (QED) is 0.0939. The van der Waals surface area contributed by atoms with Crippen molar-refractivity contribution in [2.75, 3.05) is 17.8 Å². The number of imidazole rings is 1. The largest absolute Gasteiger partial charge is 0.385 e. The molecule has 1 aromatic carbocycles. The third kappa shape index (κ3) is 8.37. The molecule has 0 spiro atoms. The third-order valence-corrected chi connectivity index (χ3v) is 9.17. The van der Waals surface area contributed by atoms with Crippen LogP contribution in [0.2, 0.25) is 5.28 Å². The van der Waals surface area contributed by atoms with Crippen LogP contribution in [0, 0.1) is 0 Å². The molecule has 0 amide bonds. The SMILES string of the molecule is CC/C=C(/COP(=O)(O)CP(=O)(O)O)[C@@H](O)[C@H](F)[C@@H](O)n1cnc2c(N[C@@H](C)c3ccccc3)nc(Cl)nc21. The van der Waals surface area contributed by atoms with Gasteiger partial charge in [0.1, 0.15) is 6.10 Å². The molecule has 0 bridgehead atoms. The average molecular weight is 608 g/mol. The molecule has 2 heterocycles. The number of aromatic nitrogens is 4. The number of aliphatic hydroxyl groups excluding tert-OH is 2. The van der Waals surface area contributed by atoms with E-state index in [0.29, 0.717) is 0 Å². The van der Waals surface area contributed by atoms with Crippen LogP contribution in [0.3, 0.4) is 0 Å². The minimum atomic E-state index is -4.88. The van der Waals surface area contributed by atoms with E-state index < -0.39 is 46.2 Å². The summed E-state index contributed by atoms with van der Waals surface area (Å²) in [6.45, 7) is 2.70. The highest BCUT2D eigenvalue weighted by Crippen LogP contribution is 2.55. The Morgan fingerprint density at radius 2 is 1.87 bits per heavy atom. The lowest BCUT2D eigenvalue weighted by atomic mass is 10.0. The van der Waals surface area contributed by atoms with Crippen LogP contribution in [-0.2, 0) is 13.7 Å². The van der Waals surface area contributed by atoms with Gasteiger partial charge in [-0.25, -0.2) is 9.37 Å². The van der Waals surface area contributed by atoms with E-state index in [9.17, 15) is 24.2 Å². The average Bonchev–Trinajstić information content (AvgIpc) is 3.28. The van der Waals surface area contributed by atoms with Crippen LogP contribution in [0.5, 0.6) is 0 Å². The number of rotatable bonds is 13. The Hall–Kier alpha value is -2.25. The topological polar surface area (TPSA) is 200 Å². The number of hydrogen-bond donors (Lipinski definition) is 6. The maximum atomic E-state index is 15.4. The van der Waals surface area contributed by atoms with Crippen molar-refractivity contribution in [3.8, 4) is 0 Å². The summed E-state index contributed by atoms with van der Waals surface area (Å²) in [7, 11) is -9.65. The van der Waals surface area contributed by atoms with Crippen LogP contribution in [0.15, 0.2) is 48.3 Å². The summed E-state index contributed by atoms with van der Waals surface area (Å²) >= 11 is 6.09. The molecule has 0 fully saturated rings. The van der Waals surface area contributed by atoms with Crippen LogP contribution in [0.4, 0.5) is 10.2 Å². The van der Waals surface area contributed by atoms with Crippen molar-refractivity contribution in [3.63, 3.8) is 0 Å². The molecule has 0 aliphatic heterocycles. The summed E-state index contributed by atoms with van der Waals surface area (Å²) in [5.41, 5.74) is 0.866. The molecule has 3 aromatic rings. The fourth-order valence-corrected chi connectivity index (χ4v) is 6.42. The number of allylic oxidation sites excluding steroid dienone is 1. The summed E-state index contributed by atoms with van der Waals surface area (Å²) in [5, 5.41) is 24.3. The van der Waals surface area contributed by atoms with E-state index in [2.05, 4.69) is 20.3 Å². The fraction of sp³-hybridized carbons (Fsp3) is 0.409. The van der Waals surface area contributed by atoms with Gasteiger partial charge in [-0.2, -0.15) is 9.97 Å². The maximum absolute atomic E-state index is 15.4. The Balaban J connectivity index is 1.83. The molecule has 39 heavy (non-hydrogen) atoms. The van der Waals surface area contributed by atoms with Gasteiger partial charge in [-0.1, -0.05) is 43.3 Å². The van der Waals surface area contributed by atoms with Gasteiger partial charge in [0.05, 0.1) is 19.0 Å². The molecular formula is C22H29ClFN5O8P2. The molecule has 1 unspecified atom stereocenters. The van der Waals surface area contributed by atoms with Crippen molar-refractivity contribution in [3.05, 3.63) is 59.2 Å². The number of nitrogens with one attached hydrogen (secondary N) is 1. The molecule has 0 saturated carbocycles. The van der Waals surface area contributed by atoms with Crippen molar-refractivity contribution in [1.29, 1.82) is 0 Å². The second-order valence-corrected chi connectivity index (χ2v) is 13.0. The minimum Gasteiger partial charge on any atom is -0.385 e. The van der Waals surface area contributed by atoms with Crippen LogP contribution in [0.1, 0.15) is 38.1 Å². The Kier molecular flexibility index (Phi) is 10.4. The zero-order valence-corrected chi connectivity index (χ0v) is 23.4. The monoisotopic (exact) mass is 607 g/mol. The lowest BCUT2D eigenvalue weighted by molar-refractivity contribution is -0.0352. The molecule has 0 aliphatic rings. The van der Waals surface area contributed by atoms with Gasteiger partial charge in [-0.3, -0.25) is 13.7 Å². The van der Waals surface area contributed by atoms with E-state index in [0.717, 1.165) is 16.5 Å². The van der Waals surface area contributed by atoms with Crippen molar-refractivity contribution < 1.29 is 42.9 Å². The number of halogens is 2. The number of anilines is 1. The van der Waals surface area contributed by atoms with E-state index in [1.165, 1.54) is 6.08 Å². The Morgan fingerprint density at radius 3 is 2.49 bits per heavy atom. The van der Waals surface area contributed by atoms with Crippen LogP contribution in [0.25, 0.3) is 11.2 Å². The molecule has 2 aromatic heterocycles. The predicted octanol–water partition coefficient (Wildman–Crippen LogP) is 3.52. The van der Waals surface area contributed by atoms with Crippen LogP contribution < -0.4 is 5.32 Å². The molecular weight excluding hydrogens is 579 g/mol. The zero-order chi connectivity index (χ0) is 29.0. The Morgan fingerprint density at radius 1 is 1.21 bits per heavy atom. The standard InChI is InChI=1S/C22H29ClFN5O8P2/c1-3-7-15(10-37-39(35,36)12-38(32,33)34)18(30)16(24)21(31)29-11-25-17-19(27-22(23)28-20(17)29)26-13(2)14-8-5-4-6-9-14/h4-9,11,13,16,18,21,30-31H,3,10,12H2,1-2H3,(H,35,36)(H,26,27,28)(H2,32,33,34)/b15-7-/t13-,16-,18+,21+/m0/s1. The molecule has 0 radical (unpaired) electrons. The van der Waals surface area contributed by atoms with Gasteiger partial charge in [0, 0.05) is 0 Å². The maximum Gasteiger partial charge on any atom is 0.340 e. The summed E-state index contributed by atoms with van der Waals surface area (Å²) in [4.78, 5) is 40.0. The Bertz CT molecular complexity index is 1410. The highest BCUT2D eigenvalue weighted by Gasteiger charge is 2.35. The molecule has 6 N–H and O–H groups in total. The van der Waals surface area contributed by atoms with Gasteiger partial charge >= 0.3 is 15.2 Å². The second kappa shape index (κ2) is 12.9. The van der Waals surface area contributed by atoms with E-state index in [1.807, 2.05) is 37.3 Å². The smallest absolute Gasteiger partial charge is 0.340 e. The summed E-state index contributed by atoms with van der Waals surface area (Å²) in [6.07, 6.45) is -3.82. The first-order chi connectivity index (χ1) is 18.2.